The fourth-order valence-corrected chi connectivity index (χ4v) is 0.995. The van der Waals surface area contributed by atoms with Crippen LogP contribution in [0.3, 0.4) is 0 Å². The summed E-state index contributed by atoms with van der Waals surface area (Å²) in [6.07, 6.45) is 0.298. The molecule has 1 aliphatic rings. The fourth-order valence-electron chi connectivity index (χ4n) is 0.995. The first-order valence-electron chi connectivity index (χ1n) is 3.05. The molecule has 1 rings (SSSR count). The smallest absolute Gasteiger partial charge is 0.320 e. The van der Waals surface area contributed by atoms with Crippen molar-refractivity contribution in [3.05, 3.63) is 0 Å². The minimum Gasteiger partial charge on any atom is -0.480 e. The maximum atomic E-state index is 10.3. The van der Waals surface area contributed by atoms with Crippen LogP contribution >= 0.6 is 0 Å². The highest BCUT2D eigenvalue weighted by atomic mass is 16.6. The maximum Gasteiger partial charge on any atom is 0.320 e. The number of rotatable bonds is 2. The van der Waals surface area contributed by atoms with Gasteiger partial charge in [0.2, 0.25) is 0 Å². The van der Waals surface area contributed by atoms with E-state index in [2.05, 4.69) is 10.2 Å². The molecule has 1 fully saturated rings. The number of carbonyl (C=O) groups is 1. The van der Waals surface area contributed by atoms with Crippen molar-refractivity contribution in [3.63, 3.8) is 0 Å². The first kappa shape index (κ1) is 7.46. The molecule has 5 nitrogen and oxygen atoms in total. The van der Waals surface area contributed by atoms with Gasteiger partial charge in [0.05, 0.1) is 6.10 Å². The summed E-state index contributed by atoms with van der Waals surface area (Å²) in [6.45, 7) is 0.521. The highest BCUT2D eigenvalue weighted by molar-refractivity contribution is 5.73. The van der Waals surface area contributed by atoms with Gasteiger partial charge >= 0.3 is 5.97 Å². The zero-order chi connectivity index (χ0) is 7.56. The number of aliphatic carboxylic acids is 1. The molecule has 58 valence electrons. The highest BCUT2D eigenvalue weighted by Gasteiger charge is 2.29. The standard InChI is InChI=1S/C5H10N2O3/c6-10-3-1-4(5(8)9)7-2-3/h3-4,7H,1-2,6H2,(H,8,9). The molecule has 4 N–H and O–H groups in total. The van der Waals surface area contributed by atoms with Crippen LogP contribution in [-0.2, 0) is 9.63 Å². The van der Waals surface area contributed by atoms with E-state index in [1.807, 2.05) is 0 Å². The Morgan fingerprint density at radius 2 is 2.50 bits per heavy atom. The molecular weight excluding hydrogens is 136 g/mol. The number of nitrogens with one attached hydrogen (secondary N) is 1. The lowest BCUT2D eigenvalue weighted by molar-refractivity contribution is -0.139. The fraction of sp³-hybridized carbons (Fsp3) is 0.800. The summed E-state index contributed by atoms with van der Waals surface area (Å²) in [5.41, 5.74) is 0. The number of nitrogens with two attached hydrogens (primary N) is 1. The molecule has 0 saturated carbocycles. The van der Waals surface area contributed by atoms with Gasteiger partial charge in [-0.3, -0.25) is 9.63 Å². The van der Waals surface area contributed by atoms with Crippen molar-refractivity contribution in [1.29, 1.82) is 0 Å². The molecule has 0 amide bonds. The van der Waals surface area contributed by atoms with Crippen LogP contribution in [0.25, 0.3) is 0 Å². The van der Waals surface area contributed by atoms with E-state index in [-0.39, 0.29) is 6.10 Å². The molecule has 1 heterocycles. The predicted octanol–water partition coefficient (Wildman–Crippen LogP) is -1.31. The lowest BCUT2D eigenvalue weighted by atomic mass is 10.2. The largest absolute Gasteiger partial charge is 0.480 e. The number of carboxylic acid groups (broad SMARTS) is 1. The summed E-state index contributed by atoms with van der Waals surface area (Å²) in [6, 6.07) is -0.492. The quantitative estimate of drug-likeness (QED) is 0.421. The summed E-state index contributed by atoms with van der Waals surface area (Å²) in [7, 11) is 0. The van der Waals surface area contributed by atoms with Crippen LogP contribution in [0.5, 0.6) is 0 Å². The van der Waals surface area contributed by atoms with Gasteiger partial charge < -0.3 is 10.4 Å². The van der Waals surface area contributed by atoms with Crippen LogP contribution in [0.1, 0.15) is 6.42 Å². The van der Waals surface area contributed by atoms with Gasteiger partial charge in [0.1, 0.15) is 6.04 Å². The van der Waals surface area contributed by atoms with Crippen molar-refractivity contribution in [3.8, 4) is 0 Å². The van der Waals surface area contributed by atoms with Crippen LogP contribution in [0, 0.1) is 0 Å². The van der Waals surface area contributed by atoms with E-state index in [9.17, 15) is 4.79 Å². The summed E-state index contributed by atoms with van der Waals surface area (Å²) in [5, 5.41) is 11.2. The third-order valence-corrected chi connectivity index (χ3v) is 1.58. The topological polar surface area (TPSA) is 84.6 Å². The Kier molecular flexibility index (Phi) is 2.21. The van der Waals surface area contributed by atoms with Crippen molar-refractivity contribution in [2.24, 2.45) is 5.90 Å². The second-order valence-electron chi connectivity index (χ2n) is 2.29. The molecule has 0 aromatic rings. The summed E-state index contributed by atoms with van der Waals surface area (Å²) < 4.78 is 0. The van der Waals surface area contributed by atoms with E-state index >= 15 is 0 Å². The molecule has 0 spiro atoms. The minimum absolute atomic E-state index is 0.152. The normalized spacial score (nSPS) is 32.5. The van der Waals surface area contributed by atoms with Crippen LogP contribution in [0.2, 0.25) is 0 Å². The van der Waals surface area contributed by atoms with Crippen LogP contribution in [-0.4, -0.2) is 29.8 Å². The van der Waals surface area contributed by atoms with Gasteiger partial charge in [0.15, 0.2) is 0 Å². The Bertz CT molecular complexity index is 139. The molecule has 10 heavy (non-hydrogen) atoms. The average Bonchev–Trinajstić information content (AvgIpc) is 2.34. The first-order valence-corrected chi connectivity index (χ1v) is 3.05. The monoisotopic (exact) mass is 146 g/mol. The second kappa shape index (κ2) is 2.96. The Morgan fingerprint density at radius 3 is 2.80 bits per heavy atom. The van der Waals surface area contributed by atoms with Crippen molar-refractivity contribution < 1.29 is 14.7 Å². The molecule has 0 aliphatic carbocycles. The molecule has 0 radical (unpaired) electrons. The molecule has 0 aromatic heterocycles. The van der Waals surface area contributed by atoms with Gasteiger partial charge in [-0.15, -0.1) is 0 Å². The van der Waals surface area contributed by atoms with Gasteiger partial charge in [-0.05, 0) is 0 Å². The van der Waals surface area contributed by atoms with Gasteiger partial charge in [-0.25, -0.2) is 5.90 Å². The number of hydrogen-bond acceptors (Lipinski definition) is 4. The van der Waals surface area contributed by atoms with E-state index in [0.717, 1.165) is 0 Å². The van der Waals surface area contributed by atoms with Crippen LogP contribution < -0.4 is 11.2 Å². The third-order valence-electron chi connectivity index (χ3n) is 1.58. The highest BCUT2D eigenvalue weighted by Crippen LogP contribution is 2.07. The predicted molar refractivity (Wildman–Crippen MR) is 33.1 cm³/mol. The van der Waals surface area contributed by atoms with Gasteiger partial charge in [0, 0.05) is 13.0 Å². The lowest BCUT2D eigenvalue weighted by Crippen LogP contribution is -2.30. The number of hydrogen-bond donors (Lipinski definition) is 3. The molecular formula is C5H10N2O3. The van der Waals surface area contributed by atoms with E-state index < -0.39 is 12.0 Å². The van der Waals surface area contributed by atoms with Gasteiger partial charge in [-0.1, -0.05) is 0 Å². The lowest BCUT2D eigenvalue weighted by Gasteiger charge is -2.02. The Morgan fingerprint density at radius 1 is 1.80 bits per heavy atom. The Balaban J connectivity index is 2.35. The second-order valence-corrected chi connectivity index (χ2v) is 2.29. The summed E-state index contributed by atoms with van der Waals surface area (Å²) in [5.74, 6) is 4.02. The number of carboxylic acids is 1. The van der Waals surface area contributed by atoms with E-state index in [1.54, 1.807) is 0 Å². The summed E-state index contributed by atoms with van der Waals surface area (Å²) >= 11 is 0. The molecule has 2 atom stereocenters. The van der Waals surface area contributed by atoms with Crippen molar-refractivity contribution in [2.75, 3.05) is 6.54 Å². The zero-order valence-corrected chi connectivity index (χ0v) is 5.41. The van der Waals surface area contributed by atoms with Gasteiger partial charge in [-0.2, -0.15) is 0 Å². The van der Waals surface area contributed by atoms with Crippen molar-refractivity contribution in [1.82, 2.24) is 5.32 Å². The van der Waals surface area contributed by atoms with E-state index in [0.29, 0.717) is 13.0 Å². The Labute approximate surface area is 58.1 Å². The van der Waals surface area contributed by atoms with Crippen LogP contribution in [0.15, 0.2) is 0 Å². The third kappa shape index (κ3) is 1.44. The van der Waals surface area contributed by atoms with E-state index in [4.69, 9.17) is 11.0 Å². The maximum absolute atomic E-state index is 10.3. The minimum atomic E-state index is -0.848. The molecule has 5 heteroatoms. The van der Waals surface area contributed by atoms with Crippen molar-refractivity contribution in [2.45, 2.75) is 18.6 Å². The molecule has 1 saturated heterocycles. The first-order chi connectivity index (χ1) is 4.74. The van der Waals surface area contributed by atoms with E-state index in [1.165, 1.54) is 0 Å². The Hall–Kier alpha value is -0.650. The molecule has 0 bridgehead atoms. The van der Waals surface area contributed by atoms with Crippen molar-refractivity contribution >= 4 is 5.97 Å². The zero-order valence-electron chi connectivity index (χ0n) is 5.41. The summed E-state index contributed by atoms with van der Waals surface area (Å²) in [4.78, 5) is 14.8. The molecule has 2 unspecified atom stereocenters. The SMILES string of the molecule is NOC1CNC(C(=O)O)C1. The average molecular weight is 146 g/mol. The molecule has 0 aromatic carbocycles. The molecule has 1 aliphatic heterocycles. The van der Waals surface area contributed by atoms with Gasteiger partial charge in [0.25, 0.3) is 0 Å². The van der Waals surface area contributed by atoms with Crippen LogP contribution in [0.4, 0.5) is 0 Å².